The van der Waals surface area contributed by atoms with Crippen molar-refractivity contribution in [1.82, 2.24) is 0 Å². The summed E-state index contributed by atoms with van der Waals surface area (Å²) >= 11 is 0. The first-order chi connectivity index (χ1) is 9.84. The molecule has 2 rings (SSSR count). The maximum Gasteiger partial charge on any atom is 0.308 e. The molecule has 114 valence electrons. The van der Waals surface area contributed by atoms with Gasteiger partial charge >= 0.3 is 11.9 Å². The topological polar surface area (TPSA) is 65.1 Å². The number of epoxide rings is 1. The monoisotopic (exact) mass is 292 g/mol. The van der Waals surface area contributed by atoms with Crippen LogP contribution in [0.15, 0.2) is 18.2 Å². The van der Waals surface area contributed by atoms with E-state index in [-0.39, 0.29) is 24.5 Å². The molecule has 0 bridgehead atoms. The molecule has 0 saturated carbocycles. The zero-order valence-corrected chi connectivity index (χ0v) is 12.8. The molecule has 1 aliphatic heterocycles. The van der Waals surface area contributed by atoms with Crippen LogP contribution in [-0.2, 0) is 24.7 Å². The van der Waals surface area contributed by atoms with Gasteiger partial charge in [0.05, 0.1) is 12.5 Å². The lowest BCUT2D eigenvalue weighted by Crippen LogP contribution is -2.23. The van der Waals surface area contributed by atoms with Crippen molar-refractivity contribution in [2.75, 3.05) is 13.2 Å². The van der Waals surface area contributed by atoms with Crippen molar-refractivity contribution >= 4 is 11.9 Å². The fourth-order valence-corrected chi connectivity index (χ4v) is 2.13. The number of rotatable bonds is 5. The quantitative estimate of drug-likeness (QED) is 0.473. The summed E-state index contributed by atoms with van der Waals surface area (Å²) < 4.78 is 15.9. The molecule has 1 aromatic carbocycles. The van der Waals surface area contributed by atoms with E-state index in [1.807, 2.05) is 13.0 Å². The fraction of sp³-hybridized carbons (Fsp3) is 0.500. The Kier molecular flexibility index (Phi) is 4.32. The fourth-order valence-electron chi connectivity index (χ4n) is 2.13. The van der Waals surface area contributed by atoms with Crippen LogP contribution in [0.5, 0.6) is 5.75 Å². The molecule has 1 atom stereocenters. The molecule has 0 N–H and O–H groups in total. The van der Waals surface area contributed by atoms with Crippen molar-refractivity contribution in [3.05, 3.63) is 29.3 Å². The van der Waals surface area contributed by atoms with E-state index in [2.05, 4.69) is 0 Å². The molecule has 0 amide bonds. The highest BCUT2D eigenvalue weighted by Crippen LogP contribution is 2.41. The first-order valence-electron chi connectivity index (χ1n) is 6.94. The van der Waals surface area contributed by atoms with Gasteiger partial charge in [0.25, 0.3) is 0 Å². The van der Waals surface area contributed by atoms with Crippen LogP contribution in [0.2, 0.25) is 0 Å². The number of hydrogen-bond acceptors (Lipinski definition) is 5. The van der Waals surface area contributed by atoms with Crippen LogP contribution in [-0.4, -0.2) is 25.2 Å². The van der Waals surface area contributed by atoms with Crippen LogP contribution in [0.3, 0.4) is 0 Å². The average Bonchev–Trinajstić information content (AvgIpc) is 3.16. The van der Waals surface area contributed by atoms with Gasteiger partial charge in [-0.2, -0.15) is 0 Å². The van der Waals surface area contributed by atoms with Crippen LogP contribution in [0.25, 0.3) is 0 Å². The summed E-state index contributed by atoms with van der Waals surface area (Å²) in [7, 11) is 0. The first-order valence-corrected chi connectivity index (χ1v) is 6.94. The van der Waals surface area contributed by atoms with E-state index in [1.165, 1.54) is 6.92 Å². The van der Waals surface area contributed by atoms with Gasteiger partial charge in [0.1, 0.15) is 12.4 Å². The summed E-state index contributed by atoms with van der Waals surface area (Å²) in [5.41, 5.74) is 1.34. The van der Waals surface area contributed by atoms with Gasteiger partial charge in [-0.05, 0) is 30.2 Å². The number of esters is 2. The van der Waals surface area contributed by atoms with E-state index in [9.17, 15) is 9.59 Å². The minimum Gasteiger partial charge on any atom is -0.462 e. The van der Waals surface area contributed by atoms with Crippen molar-refractivity contribution < 1.29 is 23.8 Å². The molecule has 1 aliphatic rings. The first kappa shape index (κ1) is 15.5. The highest BCUT2D eigenvalue weighted by atomic mass is 16.6. The maximum atomic E-state index is 11.6. The standard InChI is InChI=1S/C16H20O5/c1-10(2)15(18)19-8-16(9-20-16)14-6-5-13(7-11(14)3)21-12(4)17/h5-7,10H,8-9H2,1-4H3. The molecule has 21 heavy (non-hydrogen) atoms. The molecule has 1 fully saturated rings. The van der Waals surface area contributed by atoms with E-state index < -0.39 is 5.60 Å². The molecule has 1 heterocycles. The predicted molar refractivity (Wildman–Crippen MR) is 75.9 cm³/mol. The summed E-state index contributed by atoms with van der Waals surface area (Å²) in [5, 5.41) is 0. The molecular formula is C16H20O5. The highest BCUT2D eigenvalue weighted by Gasteiger charge is 2.49. The van der Waals surface area contributed by atoms with Gasteiger partial charge in [-0.3, -0.25) is 9.59 Å². The number of benzene rings is 1. The van der Waals surface area contributed by atoms with Crippen molar-refractivity contribution in [2.24, 2.45) is 5.92 Å². The van der Waals surface area contributed by atoms with E-state index in [1.54, 1.807) is 26.0 Å². The summed E-state index contributed by atoms with van der Waals surface area (Å²) in [5.74, 6) is -0.253. The molecule has 0 aromatic heterocycles. The van der Waals surface area contributed by atoms with Crippen molar-refractivity contribution in [2.45, 2.75) is 33.3 Å². The van der Waals surface area contributed by atoms with Gasteiger partial charge in [-0.1, -0.05) is 19.9 Å². The van der Waals surface area contributed by atoms with E-state index in [0.29, 0.717) is 12.4 Å². The van der Waals surface area contributed by atoms with Gasteiger partial charge in [-0.15, -0.1) is 0 Å². The number of carbonyl (C=O) groups is 2. The second kappa shape index (κ2) is 5.85. The molecule has 0 radical (unpaired) electrons. The Hall–Kier alpha value is -1.88. The lowest BCUT2D eigenvalue weighted by molar-refractivity contribution is -0.149. The third-order valence-corrected chi connectivity index (χ3v) is 3.36. The molecule has 1 aromatic rings. The third-order valence-electron chi connectivity index (χ3n) is 3.36. The van der Waals surface area contributed by atoms with Crippen molar-refractivity contribution in [3.8, 4) is 5.75 Å². The lowest BCUT2D eigenvalue weighted by Gasteiger charge is -2.17. The molecule has 0 aliphatic carbocycles. The number of aryl methyl sites for hydroxylation is 1. The van der Waals surface area contributed by atoms with Crippen LogP contribution >= 0.6 is 0 Å². The second-order valence-corrected chi connectivity index (χ2v) is 5.62. The summed E-state index contributed by atoms with van der Waals surface area (Å²) in [4.78, 5) is 22.5. The van der Waals surface area contributed by atoms with Crippen molar-refractivity contribution in [1.29, 1.82) is 0 Å². The minimum atomic E-state index is -0.552. The van der Waals surface area contributed by atoms with E-state index >= 15 is 0 Å². The zero-order chi connectivity index (χ0) is 15.6. The SMILES string of the molecule is CC(=O)Oc1ccc(C2(COC(=O)C(C)C)CO2)c(C)c1. The Labute approximate surface area is 124 Å². The molecule has 5 heteroatoms. The Morgan fingerprint density at radius 1 is 1.38 bits per heavy atom. The summed E-state index contributed by atoms with van der Waals surface area (Å²) in [6, 6.07) is 5.35. The van der Waals surface area contributed by atoms with Crippen LogP contribution in [0, 0.1) is 12.8 Å². The normalized spacial score (nSPS) is 20.2. The van der Waals surface area contributed by atoms with Gasteiger partial charge in [-0.25, -0.2) is 0 Å². The van der Waals surface area contributed by atoms with Crippen LogP contribution in [0.1, 0.15) is 31.9 Å². The van der Waals surface area contributed by atoms with Crippen LogP contribution in [0.4, 0.5) is 0 Å². The van der Waals surface area contributed by atoms with E-state index in [4.69, 9.17) is 14.2 Å². The Morgan fingerprint density at radius 2 is 2.05 bits per heavy atom. The molecule has 1 saturated heterocycles. The van der Waals surface area contributed by atoms with Crippen molar-refractivity contribution in [3.63, 3.8) is 0 Å². The molecule has 1 unspecified atom stereocenters. The third kappa shape index (κ3) is 3.61. The summed E-state index contributed by atoms with van der Waals surface area (Å²) in [6.07, 6.45) is 0. The van der Waals surface area contributed by atoms with E-state index in [0.717, 1.165) is 11.1 Å². The van der Waals surface area contributed by atoms with Crippen LogP contribution < -0.4 is 4.74 Å². The van der Waals surface area contributed by atoms with Gasteiger partial charge < -0.3 is 14.2 Å². The zero-order valence-electron chi connectivity index (χ0n) is 12.8. The second-order valence-electron chi connectivity index (χ2n) is 5.62. The smallest absolute Gasteiger partial charge is 0.308 e. The molecular weight excluding hydrogens is 272 g/mol. The van der Waals surface area contributed by atoms with Gasteiger partial charge in [0, 0.05) is 6.92 Å². The molecule has 0 spiro atoms. The molecule has 5 nitrogen and oxygen atoms in total. The number of carbonyl (C=O) groups excluding carboxylic acids is 2. The average molecular weight is 292 g/mol. The van der Waals surface area contributed by atoms with Gasteiger partial charge in [0.2, 0.25) is 0 Å². The Bertz CT molecular complexity index is 558. The maximum absolute atomic E-state index is 11.6. The lowest BCUT2D eigenvalue weighted by atomic mass is 9.96. The van der Waals surface area contributed by atoms with Gasteiger partial charge in [0.15, 0.2) is 5.60 Å². The highest BCUT2D eigenvalue weighted by molar-refractivity contribution is 5.71. The summed E-state index contributed by atoms with van der Waals surface area (Å²) in [6.45, 7) is 7.59. The largest absolute Gasteiger partial charge is 0.462 e. The predicted octanol–water partition coefficient (Wildman–Crippen LogP) is 2.35. The number of ether oxygens (including phenoxy) is 3. The Balaban J connectivity index is 2.10. The number of hydrogen-bond donors (Lipinski definition) is 0. The minimum absolute atomic E-state index is 0.159. The Morgan fingerprint density at radius 3 is 2.52 bits per heavy atom.